The van der Waals surface area contributed by atoms with E-state index in [4.69, 9.17) is 11.6 Å². The number of hydrogen-bond acceptors (Lipinski definition) is 3. The number of amides is 2. The minimum atomic E-state index is -0.404. The highest BCUT2D eigenvalue weighted by Crippen LogP contribution is 2.42. The SMILES string of the molecule is O=C(CN1C(=O)/C(=C/c2ccccc2F)Sc2ccccc21)NCCc1ccc(Cl)cc1. The molecule has 0 fully saturated rings. The third kappa shape index (κ3) is 5.21. The van der Waals surface area contributed by atoms with Crippen LogP contribution in [0.5, 0.6) is 0 Å². The summed E-state index contributed by atoms with van der Waals surface area (Å²) in [5, 5.41) is 3.53. The zero-order chi connectivity index (χ0) is 22.5. The molecule has 0 radical (unpaired) electrons. The summed E-state index contributed by atoms with van der Waals surface area (Å²) in [6, 6.07) is 21.1. The topological polar surface area (TPSA) is 49.4 Å². The number of benzene rings is 3. The number of para-hydroxylation sites is 1. The zero-order valence-corrected chi connectivity index (χ0v) is 18.6. The summed E-state index contributed by atoms with van der Waals surface area (Å²) in [5.74, 6) is -0.997. The van der Waals surface area contributed by atoms with Gasteiger partial charge < -0.3 is 5.32 Å². The number of hydrogen-bond donors (Lipinski definition) is 1. The molecule has 0 saturated heterocycles. The van der Waals surface area contributed by atoms with Gasteiger partial charge >= 0.3 is 0 Å². The van der Waals surface area contributed by atoms with Crippen molar-refractivity contribution in [2.45, 2.75) is 11.3 Å². The van der Waals surface area contributed by atoms with Gasteiger partial charge in [0.15, 0.2) is 0 Å². The fraction of sp³-hybridized carbons (Fsp3) is 0.120. The first kappa shape index (κ1) is 22.1. The molecule has 1 heterocycles. The largest absolute Gasteiger partial charge is 0.354 e. The van der Waals surface area contributed by atoms with E-state index >= 15 is 0 Å². The van der Waals surface area contributed by atoms with E-state index in [1.54, 1.807) is 24.3 Å². The van der Waals surface area contributed by atoms with Gasteiger partial charge in [0.1, 0.15) is 12.4 Å². The molecule has 7 heteroatoms. The number of thioether (sulfide) groups is 1. The first-order valence-electron chi connectivity index (χ1n) is 10.1. The first-order chi connectivity index (χ1) is 15.5. The highest BCUT2D eigenvalue weighted by atomic mass is 35.5. The summed E-state index contributed by atoms with van der Waals surface area (Å²) in [6.45, 7) is 0.322. The molecule has 0 spiro atoms. The van der Waals surface area contributed by atoms with Crippen molar-refractivity contribution in [1.82, 2.24) is 5.32 Å². The van der Waals surface area contributed by atoms with Gasteiger partial charge in [0, 0.05) is 22.0 Å². The Bertz CT molecular complexity index is 1180. The Morgan fingerprint density at radius 2 is 1.75 bits per heavy atom. The number of nitrogens with one attached hydrogen (secondary N) is 1. The van der Waals surface area contributed by atoms with E-state index in [9.17, 15) is 14.0 Å². The van der Waals surface area contributed by atoms with E-state index < -0.39 is 5.82 Å². The molecular weight excluding hydrogens is 447 g/mol. The summed E-state index contributed by atoms with van der Waals surface area (Å²) in [6.07, 6.45) is 2.19. The molecule has 162 valence electrons. The van der Waals surface area contributed by atoms with Gasteiger partial charge in [0.2, 0.25) is 5.91 Å². The molecule has 0 saturated carbocycles. The number of fused-ring (bicyclic) bond motifs is 1. The maximum Gasteiger partial charge on any atom is 0.265 e. The Morgan fingerprint density at radius 3 is 2.53 bits per heavy atom. The summed E-state index contributed by atoms with van der Waals surface area (Å²) in [5.41, 5.74) is 2.05. The molecule has 3 aromatic carbocycles. The fourth-order valence-corrected chi connectivity index (χ4v) is 4.53. The predicted octanol–water partition coefficient (Wildman–Crippen LogP) is 5.32. The number of nitrogens with zero attached hydrogens (tertiary/aromatic N) is 1. The van der Waals surface area contributed by atoms with Crippen LogP contribution in [-0.2, 0) is 16.0 Å². The van der Waals surface area contributed by atoms with Crippen LogP contribution in [0.1, 0.15) is 11.1 Å². The number of carbonyl (C=O) groups is 2. The van der Waals surface area contributed by atoms with Crippen LogP contribution in [-0.4, -0.2) is 24.9 Å². The number of rotatable bonds is 6. The smallest absolute Gasteiger partial charge is 0.265 e. The van der Waals surface area contributed by atoms with Crippen molar-refractivity contribution in [3.63, 3.8) is 0 Å². The van der Waals surface area contributed by atoms with Gasteiger partial charge in [-0.25, -0.2) is 4.39 Å². The second kappa shape index (κ2) is 10.0. The van der Waals surface area contributed by atoms with Crippen molar-refractivity contribution in [2.75, 3.05) is 18.0 Å². The first-order valence-corrected chi connectivity index (χ1v) is 11.3. The maximum absolute atomic E-state index is 14.1. The van der Waals surface area contributed by atoms with Crippen molar-refractivity contribution < 1.29 is 14.0 Å². The van der Waals surface area contributed by atoms with Crippen LogP contribution in [0.4, 0.5) is 10.1 Å². The summed E-state index contributed by atoms with van der Waals surface area (Å²) < 4.78 is 14.1. The zero-order valence-electron chi connectivity index (χ0n) is 17.1. The second-order valence-corrected chi connectivity index (χ2v) is 8.74. The summed E-state index contributed by atoms with van der Waals surface area (Å²) >= 11 is 7.17. The molecule has 1 aliphatic rings. The fourth-order valence-electron chi connectivity index (χ4n) is 3.35. The lowest BCUT2D eigenvalue weighted by molar-refractivity contribution is -0.122. The molecule has 4 rings (SSSR count). The second-order valence-electron chi connectivity index (χ2n) is 7.22. The molecule has 1 aliphatic heterocycles. The van der Waals surface area contributed by atoms with Crippen LogP contribution in [0.15, 0.2) is 82.6 Å². The molecule has 3 aromatic rings. The molecule has 0 aromatic heterocycles. The van der Waals surface area contributed by atoms with Crippen LogP contribution in [0.2, 0.25) is 5.02 Å². The van der Waals surface area contributed by atoms with Crippen LogP contribution >= 0.6 is 23.4 Å². The van der Waals surface area contributed by atoms with E-state index in [1.165, 1.54) is 28.8 Å². The van der Waals surface area contributed by atoms with Gasteiger partial charge in [-0.15, -0.1) is 0 Å². The Kier molecular flexibility index (Phi) is 6.93. The molecule has 0 atom stereocenters. The quantitative estimate of drug-likeness (QED) is 0.500. The van der Waals surface area contributed by atoms with E-state index in [-0.39, 0.29) is 18.4 Å². The van der Waals surface area contributed by atoms with Gasteiger partial charge in [-0.2, -0.15) is 0 Å². The van der Waals surface area contributed by atoms with Crippen molar-refractivity contribution in [2.24, 2.45) is 0 Å². The minimum Gasteiger partial charge on any atom is -0.354 e. The lowest BCUT2D eigenvalue weighted by Gasteiger charge is -2.29. The minimum absolute atomic E-state index is 0.119. The molecule has 0 bridgehead atoms. The predicted molar refractivity (Wildman–Crippen MR) is 127 cm³/mol. The van der Waals surface area contributed by atoms with Crippen molar-refractivity contribution in [1.29, 1.82) is 0 Å². The van der Waals surface area contributed by atoms with Gasteiger partial charge in [-0.05, 0) is 48.4 Å². The van der Waals surface area contributed by atoms with Crippen molar-refractivity contribution in [3.8, 4) is 0 Å². The molecule has 2 amide bonds. The highest BCUT2D eigenvalue weighted by molar-refractivity contribution is 8.04. The van der Waals surface area contributed by atoms with Crippen LogP contribution < -0.4 is 10.2 Å². The molecule has 32 heavy (non-hydrogen) atoms. The van der Waals surface area contributed by atoms with Crippen molar-refractivity contribution >= 4 is 46.9 Å². The van der Waals surface area contributed by atoms with Crippen LogP contribution in [0.3, 0.4) is 0 Å². The van der Waals surface area contributed by atoms with Gasteiger partial charge in [0.05, 0.1) is 10.6 Å². The third-order valence-electron chi connectivity index (χ3n) is 4.97. The average molecular weight is 467 g/mol. The molecular formula is C25H20ClFN2O2S. The average Bonchev–Trinajstić information content (AvgIpc) is 2.79. The number of carbonyl (C=O) groups excluding carboxylic acids is 2. The monoisotopic (exact) mass is 466 g/mol. The van der Waals surface area contributed by atoms with Gasteiger partial charge in [-0.3, -0.25) is 14.5 Å². The number of halogens is 2. The van der Waals surface area contributed by atoms with Crippen LogP contribution in [0, 0.1) is 5.82 Å². The summed E-state index contributed by atoms with van der Waals surface area (Å²) in [4.78, 5) is 28.4. The Labute approximate surface area is 195 Å². The normalized spacial score (nSPS) is 14.4. The Balaban J connectivity index is 1.48. The molecule has 0 unspecified atom stereocenters. The van der Waals surface area contributed by atoms with Gasteiger partial charge in [-0.1, -0.05) is 65.8 Å². The highest BCUT2D eigenvalue weighted by Gasteiger charge is 2.30. The van der Waals surface area contributed by atoms with Crippen molar-refractivity contribution in [3.05, 3.63) is 99.7 Å². The van der Waals surface area contributed by atoms with Crippen LogP contribution in [0.25, 0.3) is 6.08 Å². The Morgan fingerprint density at radius 1 is 1.03 bits per heavy atom. The van der Waals surface area contributed by atoms with E-state index in [1.807, 2.05) is 42.5 Å². The maximum atomic E-state index is 14.1. The molecule has 1 N–H and O–H groups in total. The van der Waals surface area contributed by atoms with E-state index in [0.29, 0.717) is 34.1 Å². The third-order valence-corrected chi connectivity index (χ3v) is 6.30. The van der Waals surface area contributed by atoms with E-state index in [0.717, 1.165) is 10.5 Å². The number of anilines is 1. The molecule has 4 nitrogen and oxygen atoms in total. The summed E-state index contributed by atoms with van der Waals surface area (Å²) in [7, 11) is 0. The molecule has 0 aliphatic carbocycles. The van der Waals surface area contributed by atoms with E-state index in [2.05, 4.69) is 5.32 Å². The lowest BCUT2D eigenvalue weighted by atomic mass is 10.1. The lowest BCUT2D eigenvalue weighted by Crippen LogP contribution is -2.43. The Hall–Kier alpha value is -3.09. The van der Waals surface area contributed by atoms with Gasteiger partial charge in [0.25, 0.3) is 5.91 Å². The standard InChI is InChI=1S/C25H20ClFN2O2S/c26-19-11-9-17(10-12-19)13-14-28-24(30)16-29-21-7-3-4-8-22(21)32-23(25(29)31)15-18-5-1-2-6-20(18)27/h1-12,15H,13-14,16H2,(H,28,30)/b23-15-.